The van der Waals surface area contributed by atoms with Crippen LogP contribution in [0.2, 0.25) is 0 Å². The van der Waals surface area contributed by atoms with Crippen molar-refractivity contribution < 1.29 is 23.2 Å². The molecule has 1 aromatic heterocycles. The molecule has 0 radical (unpaired) electrons. The molecule has 0 aromatic carbocycles. The van der Waals surface area contributed by atoms with Gasteiger partial charge in [0.1, 0.15) is 0 Å². The smallest absolute Gasteiger partial charge is 0.418 e. The fourth-order valence-electron chi connectivity index (χ4n) is 2.02. The number of carbonyl (C=O) groups is 1. The predicted octanol–water partition coefficient (Wildman–Crippen LogP) is 2.19. The van der Waals surface area contributed by atoms with E-state index < -0.39 is 37.0 Å². The van der Waals surface area contributed by atoms with E-state index in [4.69, 9.17) is 5.11 Å². The summed E-state index contributed by atoms with van der Waals surface area (Å²) in [7, 11) is -4.01. The number of sulfone groups is 1. The van der Waals surface area contributed by atoms with Gasteiger partial charge >= 0.3 is 17.3 Å². The maximum absolute atomic E-state index is 12.2. The number of rotatable bonds is 4. The lowest BCUT2D eigenvalue weighted by molar-refractivity contribution is -0.389. The van der Waals surface area contributed by atoms with Crippen molar-refractivity contribution in [3.63, 3.8) is 0 Å². The SMILES string of the molecule is CCC.Cc1cc(S(=O)(=O)CC2CC2)c([N+](=O)[O-])c(=O)n1C(=O)O. The molecule has 0 unspecified atom stereocenters. The fraction of sp³-hybridized carbons (Fsp3) is 0.571. The number of carboxylic acid groups (broad SMARTS) is 1. The second-order valence-corrected chi connectivity index (χ2v) is 7.61. The minimum atomic E-state index is -4.01. The minimum absolute atomic E-state index is 0.0585. The highest BCUT2D eigenvalue weighted by molar-refractivity contribution is 7.91. The van der Waals surface area contributed by atoms with Crippen LogP contribution in [-0.2, 0) is 9.84 Å². The first-order valence-corrected chi connectivity index (χ1v) is 9.09. The number of pyridine rings is 1. The maximum atomic E-state index is 12.2. The van der Waals surface area contributed by atoms with Crippen molar-refractivity contribution in [2.45, 2.75) is 44.9 Å². The summed E-state index contributed by atoms with van der Waals surface area (Å²) in [5.74, 6) is -0.333. The molecule has 0 bridgehead atoms. The summed E-state index contributed by atoms with van der Waals surface area (Å²) in [5.41, 5.74) is -2.86. The topological polar surface area (TPSA) is 137 Å². The number of aryl methyl sites for hydroxylation is 1. The Bertz CT molecular complexity index is 807. The van der Waals surface area contributed by atoms with Crippen LogP contribution in [0.25, 0.3) is 0 Å². The Hall–Kier alpha value is -2.23. The Morgan fingerprint density at radius 1 is 1.42 bits per heavy atom. The van der Waals surface area contributed by atoms with E-state index in [-0.39, 0.29) is 21.9 Å². The van der Waals surface area contributed by atoms with E-state index in [0.717, 1.165) is 18.9 Å². The number of hydrogen-bond acceptors (Lipinski definition) is 6. The fourth-order valence-corrected chi connectivity index (χ4v) is 3.96. The van der Waals surface area contributed by atoms with Gasteiger partial charge in [0.2, 0.25) is 0 Å². The first-order chi connectivity index (χ1) is 11.1. The van der Waals surface area contributed by atoms with Gasteiger partial charge in [-0.2, -0.15) is 0 Å². The van der Waals surface area contributed by atoms with Gasteiger partial charge in [0.25, 0.3) is 0 Å². The third-order valence-electron chi connectivity index (χ3n) is 3.19. The summed E-state index contributed by atoms with van der Waals surface area (Å²) < 4.78 is 24.5. The summed E-state index contributed by atoms with van der Waals surface area (Å²) in [4.78, 5) is 32.0. The van der Waals surface area contributed by atoms with Gasteiger partial charge in [0.05, 0.1) is 10.7 Å². The molecule has 1 aliphatic rings. The second-order valence-electron chi connectivity index (χ2n) is 5.61. The van der Waals surface area contributed by atoms with Crippen LogP contribution in [0.3, 0.4) is 0 Å². The molecule has 2 rings (SSSR count). The van der Waals surface area contributed by atoms with Crippen molar-refractivity contribution in [2.75, 3.05) is 5.75 Å². The van der Waals surface area contributed by atoms with Crippen LogP contribution in [0.15, 0.2) is 15.8 Å². The normalized spacial score (nSPS) is 13.8. The van der Waals surface area contributed by atoms with Gasteiger partial charge < -0.3 is 5.11 Å². The van der Waals surface area contributed by atoms with E-state index in [1.807, 2.05) is 0 Å². The standard InChI is InChI=1S/C11H12N2O7S.C3H8/c1-6-4-8(21(19,20)5-7-2-3-7)9(13(17)18)10(14)12(6)11(15)16;1-3-2/h4,7H,2-3,5H2,1H3,(H,15,16);3H2,1-2H3. The molecule has 24 heavy (non-hydrogen) atoms. The molecule has 1 heterocycles. The molecular weight excluding hydrogens is 340 g/mol. The molecule has 0 atom stereocenters. The summed E-state index contributed by atoms with van der Waals surface area (Å²) in [6.07, 6.45) is 0.989. The predicted molar refractivity (Wildman–Crippen MR) is 86.3 cm³/mol. The summed E-state index contributed by atoms with van der Waals surface area (Å²) >= 11 is 0. The maximum Gasteiger partial charge on any atom is 0.418 e. The van der Waals surface area contributed by atoms with Gasteiger partial charge in [-0.05, 0) is 31.7 Å². The molecule has 1 N–H and O–H groups in total. The quantitative estimate of drug-likeness (QED) is 0.641. The molecule has 1 fully saturated rings. The third kappa shape index (κ3) is 4.40. The van der Waals surface area contributed by atoms with Crippen molar-refractivity contribution in [2.24, 2.45) is 5.92 Å². The second kappa shape index (κ2) is 7.56. The molecule has 10 heteroatoms. The van der Waals surface area contributed by atoms with Gasteiger partial charge in [-0.1, -0.05) is 20.3 Å². The van der Waals surface area contributed by atoms with Crippen molar-refractivity contribution in [1.82, 2.24) is 4.57 Å². The van der Waals surface area contributed by atoms with Crippen LogP contribution < -0.4 is 5.56 Å². The Kier molecular flexibility index (Phi) is 6.24. The lowest BCUT2D eigenvalue weighted by atomic mass is 10.3. The highest BCUT2D eigenvalue weighted by Crippen LogP contribution is 2.34. The number of nitro groups is 1. The summed E-state index contributed by atoms with van der Waals surface area (Å²) in [6.45, 7) is 5.45. The van der Waals surface area contributed by atoms with E-state index in [1.54, 1.807) is 0 Å². The molecule has 0 saturated heterocycles. The lowest BCUT2D eigenvalue weighted by Crippen LogP contribution is -2.31. The average molecular weight is 360 g/mol. The Morgan fingerprint density at radius 2 is 1.92 bits per heavy atom. The van der Waals surface area contributed by atoms with Crippen LogP contribution in [0, 0.1) is 23.0 Å². The van der Waals surface area contributed by atoms with Gasteiger partial charge in [-0.15, -0.1) is 0 Å². The first kappa shape index (κ1) is 19.8. The molecule has 1 aliphatic carbocycles. The molecule has 0 aliphatic heterocycles. The molecule has 1 saturated carbocycles. The molecular formula is C14H20N2O7S. The van der Waals surface area contributed by atoms with Crippen molar-refractivity contribution in [1.29, 1.82) is 0 Å². The van der Waals surface area contributed by atoms with Gasteiger partial charge in [0.15, 0.2) is 14.7 Å². The zero-order chi connectivity index (χ0) is 18.7. The number of hydrogen-bond donors (Lipinski definition) is 1. The molecule has 1 aromatic rings. The highest BCUT2D eigenvalue weighted by Gasteiger charge is 2.36. The van der Waals surface area contributed by atoms with Gasteiger partial charge in [-0.25, -0.2) is 17.8 Å². The van der Waals surface area contributed by atoms with Gasteiger partial charge in [-0.3, -0.25) is 14.9 Å². The Morgan fingerprint density at radius 3 is 2.29 bits per heavy atom. The summed E-state index contributed by atoms with van der Waals surface area (Å²) in [6, 6.07) is 0.866. The zero-order valence-corrected chi connectivity index (χ0v) is 14.5. The number of nitrogens with zero attached hydrogens (tertiary/aromatic N) is 2. The highest BCUT2D eigenvalue weighted by atomic mass is 32.2. The monoisotopic (exact) mass is 360 g/mol. The van der Waals surface area contributed by atoms with Crippen molar-refractivity contribution >= 4 is 21.6 Å². The van der Waals surface area contributed by atoms with Crippen LogP contribution in [0.5, 0.6) is 0 Å². The van der Waals surface area contributed by atoms with E-state index in [1.165, 1.54) is 13.3 Å². The molecule has 0 spiro atoms. The lowest BCUT2D eigenvalue weighted by Gasteiger charge is -2.09. The van der Waals surface area contributed by atoms with E-state index in [9.17, 15) is 28.1 Å². The first-order valence-electron chi connectivity index (χ1n) is 7.43. The Labute approximate surface area is 139 Å². The van der Waals surface area contributed by atoms with Crippen LogP contribution in [-0.4, -0.2) is 34.9 Å². The van der Waals surface area contributed by atoms with Crippen LogP contribution >= 0.6 is 0 Å². The van der Waals surface area contributed by atoms with Crippen molar-refractivity contribution in [3.05, 3.63) is 32.2 Å². The third-order valence-corrected chi connectivity index (χ3v) is 5.08. The summed E-state index contributed by atoms with van der Waals surface area (Å²) in [5, 5.41) is 19.9. The van der Waals surface area contributed by atoms with E-state index >= 15 is 0 Å². The average Bonchev–Trinajstić information content (AvgIpc) is 3.21. The van der Waals surface area contributed by atoms with Crippen LogP contribution in [0.1, 0.15) is 38.8 Å². The largest absolute Gasteiger partial charge is 0.464 e. The molecule has 0 amide bonds. The van der Waals surface area contributed by atoms with E-state index in [2.05, 4.69) is 13.8 Å². The van der Waals surface area contributed by atoms with Crippen LogP contribution in [0.4, 0.5) is 10.5 Å². The van der Waals surface area contributed by atoms with Gasteiger partial charge in [0, 0.05) is 5.69 Å². The van der Waals surface area contributed by atoms with Crippen molar-refractivity contribution in [3.8, 4) is 0 Å². The molecule has 9 nitrogen and oxygen atoms in total. The minimum Gasteiger partial charge on any atom is -0.464 e. The van der Waals surface area contributed by atoms with E-state index in [0.29, 0.717) is 0 Å². The number of aromatic nitrogens is 1. The zero-order valence-electron chi connectivity index (χ0n) is 13.7. The Balaban J connectivity index is 0.000000891. The molecule has 134 valence electrons.